The van der Waals surface area contributed by atoms with E-state index in [-0.39, 0.29) is 5.56 Å². The fourth-order valence-electron chi connectivity index (χ4n) is 1.10. The van der Waals surface area contributed by atoms with Crippen LogP contribution in [-0.2, 0) is 17.1 Å². The molecule has 0 aliphatic rings. The van der Waals surface area contributed by atoms with Crippen molar-refractivity contribution in [2.75, 3.05) is 7.11 Å². The van der Waals surface area contributed by atoms with E-state index in [2.05, 4.69) is 23.8 Å². The van der Waals surface area contributed by atoms with Gasteiger partial charge in [-0.15, -0.1) is 0 Å². The van der Waals surface area contributed by atoms with Gasteiger partial charge in [0, 0.05) is 13.2 Å². The first kappa shape index (κ1) is 12.3. The van der Waals surface area contributed by atoms with Crippen LogP contribution in [0.4, 0.5) is 0 Å². The van der Waals surface area contributed by atoms with E-state index in [1.807, 2.05) is 0 Å². The quantitative estimate of drug-likeness (QED) is 0.831. The molecule has 0 aromatic carbocycles. The van der Waals surface area contributed by atoms with Gasteiger partial charge < -0.3 is 9.72 Å². The first-order valence-electron chi connectivity index (χ1n) is 4.81. The summed E-state index contributed by atoms with van der Waals surface area (Å²) in [5.74, 6) is 1.44. The molecule has 15 heavy (non-hydrogen) atoms. The second-order valence-corrected chi connectivity index (χ2v) is 5.04. The summed E-state index contributed by atoms with van der Waals surface area (Å²) in [6.07, 6.45) is 0. The van der Waals surface area contributed by atoms with Crippen molar-refractivity contribution in [2.45, 2.75) is 31.5 Å². The standard InChI is InChI=1S/C10H16N2O2S/c1-7(2)15-6-9-11-8(5-14-3)4-10(13)12-9/h4,7H,5-6H2,1-3H3,(H,11,12,13). The molecule has 0 spiro atoms. The minimum Gasteiger partial charge on any atom is -0.378 e. The minimum absolute atomic E-state index is 0.114. The average molecular weight is 228 g/mol. The lowest BCUT2D eigenvalue weighted by Crippen LogP contribution is -2.13. The lowest BCUT2D eigenvalue weighted by molar-refractivity contribution is 0.181. The van der Waals surface area contributed by atoms with Crippen molar-refractivity contribution in [1.82, 2.24) is 9.97 Å². The second-order valence-electron chi connectivity index (χ2n) is 3.48. The minimum atomic E-state index is -0.114. The summed E-state index contributed by atoms with van der Waals surface area (Å²) in [5, 5.41) is 0.529. The zero-order valence-electron chi connectivity index (χ0n) is 9.24. The Balaban J connectivity index is 2.75. The normalized spacial score (nSPS) is 10.9. The number of H-pyrrole nitrogens is 1. The number of aromatic nitrogens is 2. The van der Waals surface area contributed by atoms with Crippen molar-refractivity contribution in [3.8, 4) is 0 Å². The fraction of sp³-hybridized carbons (Fsp3) is 0.600. The smallest absolute Gasteiger partial charge is 0.251 e. The summed E-state index contributed by atoms with van der Waals surface area (Å²) >= 11 is 1.75. The van der Waals surface area contributed by atoms with E-state index in [4.69, 9.17) is 4.74 Å². The maximum atomic E-state index is 11.3. The van der Waals surface area contributed by atoms with Crippen molar-refractivity contribution in [3.63, 3.8) is 0 Å². The molecule has 84 valence electrons. The van der Waals surface area contributed by atoms with Crippen molar-refractivity contribution < 1.29 is 4.74 Å². The summed E-state index contributed by atoms with van der Waals surface area (Å²) in [7, 11) is 1.59. The van der Waals surface area contributed by atoms with Gasteiger partial charge in [-0.25, -0.2) is 4.98 Å². The number of rotatable bonds is 5. The number of ether oxygens (including phenoxy) is 1. The number of hydrogen-bond donors (Lipinski definition) is 1. The van der Waals surface area contributed by atoms with Crippen molar-refractivity contribution in [3.05, 3.63) is 27.9 Å². The third kappa shape index (κ3) is 4.48. The molecule has 0 aliphatic heterocycles. The van der Waals surface area contributed by atoms with Crippen LogP contribution in [0.3, 0.4) is 0 Å². The van der Waals surface area contributed by atoms with E-state index in [0.29, 0.717) is 23.4 Å². The highest BCUT2D eigenvalue weighted by molar-refractivity contribution is 7.99. The summed E-state index contributed by atoms with van der Waals surface area (Å²) in [5.41, 5.74) is 0.567. The molecule has 1 N–H and O–H groups in total. The van der Waals surface area contributed by atoms with E-state index >= 15 is 0 Å². The van der Waals surface area contributed by atoms with Crippen LogP contribution >= 0.6 is 11.8 Å². The predicted molar refractivity (Wildman–Crippen MR) is 62.0 cm³/mol. The first-order valence-corrected chi connectivity index (χ1v) is 5.86. The zero-order valence-corrected chi connectivity index (χ0v) is 10.1. The molecule has 5 heteroatoms. The number of methoxy groups -OCH3 is 1. The Labute approximate surface area is 93.5 Å². The molecule has 0 aliphatic carbocycles. The van der Waals surface area contributed by atoms with Gasteiger partial charge in [-0.2, -0.15) is 11.8 Å². The molecular formula is C10H16N2O2S. The lowest BCUT2D eigenvalue weighted by atomic mass is 10.4. The number of hydrogen-bond acceptors (Lipinski definition) is 4. The Hall–Kier alpha value is -0.810. The van der Waals surface area contributed by atoms with E-state index in [9.17, 15) is 4.79 Å². The molecule has 0 bridgehead atoms. The summed E-state index contributed by atoms with van der Waals surface area (Å²) in [4.78, 5) is 18.3. The largest absolute Gasteiger partial charge is 0.378 e. The Morgan fingerprint density at radius 1 is 1.60 bits per heavy atom. The van der Waals surface area contributed by atoms with Gasteiger partial charge >= 0.3 is 0 Å². The zero-order chi connectivity index (χ0) is 11.3. The summed E-state index contributed by atoms with van der Waals surface area (Å²) < 4.78 is 4.94. The molecule has 1 aromatic heterocycles. The van der Waals surface area contributed by atoms with Gasteiger partial charge in [-0.1, -0.05) is 13.8 Å². The predicted octanol–water partition coefficient (Wildman–Crippen LogP) is 1.56. The van der Waals surface area contributed by atoms with E-state index < -0.39 is 0 Å². The van der Waals surface area contributed by atoms with Gasteiger partial charge in [0.15, 0.2) is 0 Å². The Morgan fingerprint density at radius 3 is 2.93 bits per heavy atom. The number of aromatic amines is 1. The molecule has 0 unspecified atom stereocenters. The Kier molecular flexibility index (Phi) is 4.84. The van der Waals surface area contributed by atoms with Crippen molar-refractivity contribution >= 4 is 11.8 Å². The fourth-order valence-corrected chi connectivity index (χ4v) is 1.73. The first-order chi connectivity index (χ1) is 7.11. The summed E-state index contributed by atoms with van der Waals surface area (Å²) in [6.45, 7) is 4.60. The Bertz CT molecular complexity index is 363. The second kappa shape index (κ2) is 5.92. The molecule has 0 saturated heterocycles. The van der Waals surface area contributed by atoms with Crippen LogP contribution in [0.5, 0.6) is 0 Å². The van der Waals surface area contributed by atoms with Crippen LogP contribution in [0, 0.1) is 0 Å². The molecule has 1 rings (SSSR count). The van der Waals surface area contributed by atoms with Crippen LogP contribution in [0.1, 0.15) is 25.4 Å². The summed E-state index contributed by atoms with van der Waals surface area (Å²) in [6, 6.07) is 1.47. The van der Waals surface area contributed by atoms with E-state index in [1.165, 1.54) is 6.07 Å². The monoisotopic (exact) mass is 228 g/mol. The molecule has 0 saturated carbocycles. The molecule has 0 radical (unpaired) electrons. The Morgan fingerprint density at radius 2 is 2.33 bits per heavy atom. The highest BCUT2D eigenvalue weighted by Crippen LogP contribution is 2.13. The molecular weight excluding hydrogens is 212 g/mol. The van der Waals surface area contributed by atoms with Crippen LogP contribution in [0.25, 0.3) is 0 Å². The van der Waals surface area contributed by atoms with Gasteiger partial charge in [0.05, 0.1) is 18.1 Å². The molecule has 1 aromatic rings. The van der Waals surface area contributed by atoms with Gasteiger partial charge in [0.2, 0.25) is 0 Å². The highest BCUT2D eigenvalue weighted by atomic mass is 32.2. The van der Waals surface area contributed by atoms with Crippen LogP contribution in [0.15, 0.2) is 10.9 Å². The van der Waals surface area contributed by atoms with Crippen molar-refractivity contribution in [2.24, 2.45) is 0 Å². The van der Waals surface area contributed by atoms with Crippen LogP contribution in [0.2, 0.25) is 0 Å². The van der Waals surface area contributed by atoms with E-state index in [0.717, 1.165) is 5.75 Å². The third-order valence-electron chi connectivity index (χ3n) is 1.69. The molecule has 0 fully saturated rings. The molecule has 0 atom stereocenters. The van der Waals surface area contributed by atoms with Gasteiger partial charge in [-0.3, -0.25) is 4.79 Å². The van der Waals surface area contributed by atoms with Gasteiger partial charge in [0.1, 0.15) is 5.82 Å². The lowest BCUT2D eigenvalue weighted by Gasteiger charge is -2.05. The van der Waals surface area contributed by atoms with Gasteiger partial charge in [0.25, 0.3) is 5.56 Å². The van der Waals surface area contributed by atoms with Crippen LogP contribution in [-0.4, -0.2) is 22.3 Å². The van der Waals surface area contributed by atoms with Crippen LogP contribution < -0.4 is 5.56 Å². The maximum Gasteiger partial charge on any atom is 0.251 e. The maximum absolute atomic E-state index is 11.3. The average Bonchev–Trinajstić information content (AvgIpc) is 2.14. The molecule has 1 heterocycles. The number of thioether (sulfide) groups is 1. The third-order valence-corrected chi connectivity index (χ3v) is 2.80. The topological polar surface area (TPSA) is 55.0 Å². The highest BCUT2D eigenvalue weighted by Gasteiger charge is 2.02. The molecule has 4 nitrogen and oxygen atoms in total. The van der Waals surface area contributed by atoms with E-state index in [1.54, 1.807) is 18.9 Å². The SMILES string of the molecule is COCc1cc(=O)[nH]c(CSC(C)C)n1. The molecule has 0 amide bonds. The number of nitrogens with one attached hydrogen (secondary N) is 1. The number of nitrogens with zero attached hydrogens (tertiary/aromatic N) is 1. The van der Waals surface area contributed by atoms with Crippen molar-refractivity contribution in [1.29, 1.82) is 0 Å². The van der Waals surface area contributed by atoms with Gasteiger partial charge in [-0.05, 0) is 5.25 Å².